The number of carbonyl (C=O) groups is 1. The molecule has 33 heavy (non-hydrogen) atoms. The quantitative estimate of drug-likeness (QED) is 0.624. The van der Waals surface area contributed by atoms with Gasteiger partial charge in [0.05, 0.1) is 39.0 Å². The number of furan rings is 1. The number of nitrogens with zero attached hydrogens (tertiary/aromatic N) is 2. The van der Waals surface area contributed by atoms with Gasteiger partial charge in [-0.1, -0.05) is 6.07 Å². The molecule has 2 aromatic carbocycles. The normalized spacial score (nSPS) is 19.5. The molecule has 0 saturated carbocycles. The maximum Gasteiger partial charge on any atom is 0.225 e. The molecule has 2 aliphatic rings. The van der Waals surface area contributed by atoms with Crippen LogP contribution in [0.2, 0.25) is 0 Å². The second kappa shape index (κ2) is 9.10. The van der Waals surface area contributed by atoms with Crippen molar-refractivity contribution >= 4 is 17.3 Å². The summed E-state index contributed by atoms with van der Waals surface area (Å²) in [5.74, 6) is 2.32. The van der Waals surface area contributed by atoms with E-state index in [0.717, 1.165) is 42.6 Å². The Hall–Kier alpha value is -3.61. The summed E-state index contributed by atoms with van der Waals surface area (Å²) in [4.78, 5) is 18.1. The Morgan fingerprint density at radius 1 is 1.06 bits per heavy atom. The van der Waals surface area contributed by atoms with Crippen LogP contribution in [-0.4, -0.2) is 45.8 Å². The lowest BCUT2D eigenvalue weighted by Crippen LogP contribution is -2.61. The van der Waals surface area contributed by atoms with Crippen LogP contribution in [0.1, 0.15) is 11.3 Å². The molecule has 0 bridgehead atoms. The summed E-state index contributed by atoms with van der Waals surface area (Å²) in [5.41, 5.74) is 3.49. The highest BCUT2D eigenvalue weighted by atomic mass is 16.5. The van der Waals surface area contributed by atoms with E-state index in [1.807, 2.05) is 30.3 Å². The molecule has 1 saturated heterocycles. The fourth-order valence-electron chi connectivity index (χ4n) is 4.95. The van der Waals surface area contributed by atoms with Crippen LogP contribution in [0.15, 0.2) is 65.3 Å². The van der Waals surface area contributed by atoms with Gasteiger partial charge in [0.1, 0.15) is 17.3 Å². The third kappa shape index (κ3) is 4.23. The van der Waals surface area contributed by atoms with Crippen LogP contribution >= 0.6 is 0 Å². The van der Waals surface area contributed by atoms with Crippen LogP contribution in [0, 0.1) is 5.92 Å². The molecule has 172 valence electrons. The molecule has 7 nitrogen and oxygen atoms in total. The number of anilines is 2. The van der Waals surface area contributed by atoms with E-state index < -0.39 is 0 Å². The smallest absolute Gasteiger partial charge is 0.225 e. The molecule has 5 rings (SSSR count). The minimum Gasteiger partial charge on any atom is -0.497 e. The summed E-state index contributed by atoms with van der Waals surface area (Å²) in [5, 5.41) is 3.09. The van der Waals surface area contributed by atoms with Crippen LogP contribution in [0.5, 0.6) is 11.5 Å². The van der Waals surface area contributed by atoms with Crippen molar-refractivity contribution in [3.8, 4) is 11.5 Å². The summed E-state index contributed by atoms with van der Waals surface area (Å²) in [6, 6.07) is 18.1. The van der Waals surface area contributed by atoms with Gasteiger partial charge in [0.25, 0.3) is 0 Å². The zero-order chi connectivity index (χ0) is 22.8. The van der Waals surface area contributed by atoms with Gasteiger partial charge in [0, 0.05) is 37.1 Å². The number of piperazine rings is 1. The van der Waals surface area contributed by atoms with Crippen LogP contribution < -0.4 is 24.6 Å². The Labute approximate surface area is 193 Å². The molecule has 2 atom stereocenters. The van der Waals surface area contributed by atoms with E-state index in [2.05, 4.69) is 39.4 Å². The van der Waals surface area contributed by atoms with E-state index in [1.54, 1.807) is 20.5 Å². The molecular formula is C26H29N3O4. The molecule has 1 fully saturated rings. The Morgan fingerprint density at radius 3 is 2.58 bits per heavy atom. The van der Waals surface area contributed by atoms with Crippen molar-refractivity contribution in [2.24, 2.45) is 5.92 Å². The number of hydrogen-bond acceptors (Lipinski definition) is 6. The number of ether oxygens (including phenoxy) is 2. The average Bonchev–Trinajstić information content (AvgIpc) is 3.40. The predicted octanol–water partition coefficient (Wildman–Crippen LogP) is 3.48. The van der Waals surface area contributed by atoms with Gasteiger partial charge >= 0.3 is 0 Å². The van der Waals surface area contributed by atoms with Crippen molar-refractivity contribution < 1.29 is 18.7 Å². The molecule has 2 aliphatic heterocycles. The number of amides is 1. The highest BCUT2D eigenvalue weighted by molar-refractivity contribution is 5.82. The summed E-state index contributed by atoms with van der Waals surface area (Å²) >= 11 is 0. The first-order chi connectivity index (χ1) is 16.2. The lowest BCUT2D eigenvalue weighted by atomic mass is 9.83. The minimum atomic E-state index is -0.165. The topological polar surface area (TPSA) is 67.2 Å². The van der Waals surface area contributed by atoms with Gasteiger partial charge < -0.3 is 29.0 Å². The lowest BCUT2D eigenvalue weighted by Gasteiger charge is -2.49. The van der Waals surface area contributed by atoms with Crippen molar-refractivity contribution in [3.05, 3.63) is 72.2 Å². The van der Waals surface area contributed by atoms with Crippen molar-refractivity contribution in [2.75, 3.05) is 43.7 Å². The monoisotopic (exact) mass is 447 g/mol. The standard InChI is InChI=1S/C26H29N3O4/c1-31-20-9-6-19(7-10-20)28-11-12-29-24-15-21(32-2)8-5-18(24)14-23(25(29)17-28)26(30)27-16-22-4-3-13-33-22/h3-10,13,15,23,25H,11-12,14,16-17H2,1-2H3,(H,27,30). The van der Waals surface area contributed by atoms with Crippen molar-refractivity contribution in [1.82, 2.24) is 5.32 Å². The van der Waals surface area contributed by atoms with E-state index in [9.17, 15) is 4.79 Å². The zero-order valence-electron chi connectivity index (χ0n) is 19.0. The lowest BCUT2D eigenvalue weighted by molar-refractivity contribution is -0.126. The average molecular weight is 448 g/mol. The number of carbonyl (C=O) groups excluding carboxylic acids is 1. The highest BCUT2D eigenvalue weighted by Gasteiger charge is 2.41. The van der Waals surface area contributed by atoms with E-state index in [4.69, 9.17) is 13.9 Å². The van der Waals surface area contributed by atoms with Gasteiger partial charge in [0.15, 0.2) is 0 Å². The molecule has 1 amide bonds. The third-order valence-corrected chi connectivity index (χ3v) is 6.72. The Morgan fingerprint density at radius 2 is 1.85 bits per heavy atom. The SMILES string of the molecule is COc1ccc(N2CCN3c4cc(OC)ccc4CC(C(=O)NCc4ccco4)C3C2)cc1. The van der Waals surface area contributed by atoms with Gasteiger partial charge in [-0.15, -0.1) is 0 Å². The summed E-state index contributed by atoms with van der Waals surface area (Å²) in [7, 11) is 3.36. The molecule has 1 aromatic heterocycles. The van der Waals surface area contributed by atoms with Crippen LogP contribution in [0.4, 0.5) is 11.4 Å². The first-order valence-corrected chi connectivity index (χ1v) is 11.3. The molecule has 0 aliphatic carbocycles. The second-order valence-electron chi connectivity index (χ2n) is 8.51. The Bertz CT molecular complexity index is 1100. The fraction of sp³-hybridized carbons (Fsp3) is 0.346. The van der Waals surface area contributed by atoms with Gasteiger partial charge in [-0.3, -0.25) is 4.79 Å². The number of fused-ring (bicyclic) bond motifs is 3. The van der Waals surface area contributed by atoms with Crippen LogP contribution in [0.25, 0.3) is 0 Å². The van der Waals surface area contributed by atoms with Crippen molar-refractivity contribution in [1.29, 1.82) is 0 Å². The highest BCUT2D eigenvalue weighted by Crippen LogP contribution is 2.39. The third-order valence-electron chi connectivity index (χ3n) is 6.72. The number of benzene rings is 2. The molecule has 0 spiro atoms. The zero-order valence-corrected chi connectivity index (χ0v) is 19.0. The first kappa shape index (κ1) is 21.2. The summed E-state index contributed by atoms with van der Waals surface area (Å²) in [6.07, 6.45) is 2.32. The van der Waals surface area contributed by atoms with E-state index in [-0.39, 0.29) is 17.9 Å². The molecule has 7 heteroatoms. The van der Waals surface area contributed by atoms with E-state index in [1.165, 1.54) is 11.3 Å². The number of nitrogens with one attached hydrogen (secondary N) is 1. The minimum absolute atomic E-state index is 0.0528. The number of hydrogen-bond donors (Lipinski definition) is 1. The maximum atomic E-state index is 13.4. The Balaban J connectivity index is 1.41. The molecule has 3 aromatic rings. The van der Waals surface area contributed by atoms with E-state index >= 15 is 0 Å². The van der Waals surface area contributed by atoms with E-state index in [0.29, 0.717) is 13.0 Å². The van der Waals surface area contributed by atoms with Crippen molar-refractivity contribution in [2.45, 2.75) is 19.0 Å². The van der Waals surface area contributed by atoms with Crippen LogP contribution in [-0.2, 0) is 17.8 Å². The van der Waals surface area contributed by atoms with Gasteiger partial charge in [-0.05, 0) is 54.4 Å². The Kier molecular flexibility index (Phi) is 5.86. The second-order valence-corrected chi connectivity index (χ2v) is 8.51. The largest absolute Gasteiger partial charge is 0.497 e. The summed E-state index contributed by atoms with van der Waals surface area (Å²) in [6.45, 7) is 2.87. The maximum absolute atomic E-state index is 13.4. The molecule has 2 unspecified atom stereocenters. The van der Waals surface area contributed by atoms with Crippen LogP contribution in [0.3, 0.4) is 0 Å². The molecular weight excluding hydrogens is 418 g/mol. The molecule has 0 radical (unpaired) electrons. The molecule has 1 N–H and O–H groups in total. The number of methoxy groups -OCH3 is 2. The van der Waals surface area contributed by atoms with Gasteiger partial charge in [-0.2, -0.15) is 0 Å². The molecule has 3 heterocycles. The predicted molar refractivity (Wildman–Crippen MR) is 127 cm³/mol. The van der Waals surface area contributed by atoms with Crippen molar-refractivity contribution in [3.63, 3.8) is 0 Å². The first-order valence-electron chi connectivity index (χ1n) is 11.3. The fourth-order valence-corrected chi connectivity index (χ4v) is 4.95. The van der Waals surface area contributed by atoms with Gasteiger partial charge in [-0.25, -0.2) is 0 Å². The van der Waals surface area contributed by atoms with Gasteiger partial charge in [0.2, 0.25) is 5.91 Å². The number of rotatable bonds is 6. The summed E-state index contributed by atoms with van der Waals surface area (Å²) < 4.78 is 16.2.